The lowest BCUT2D eigenvalue weighted by Crippen LogP contribution is -2.36. The minimum Gasteiger partial charge on any atom is -0.497 e. The molecule has 2 aromatic carbocycles. The molecule has 2 N–H and O–H groups in total. The van der Waals surface area contributed by atoms with Gasteiger partial charge in [-0.15, -0.1) is 0 Å². The molecule has 0 aliphatic heterocycles. The summed E-state index contributed by atoms with van der Waals surface area (Å²) in [5.41, 5.74) is 1.71. The summed E-state index contributed by atoms with van der Waals surface area (Å²) in [6, 6.07) is 12.1. The lowest BCUT2D eigenvalue weighted by molar-refractivity contribution is -0.0498. The van der Waals surface area contributed by atoms with E-state index in [9.17, 15) is 8.78 Å². The summed E-state index contributed by atoms with van der Waals surface area (Å²) in [5.74, 6) is 2.14. The number of aliphatic imine (C=N–C) groups is 1. The van der Waals surface area contributed by atoms with Crippen LogP contribution in [-0.4, -0.2) is 33.3 Å². The van der Waals surface area contributed by atoms with Gasteiger partial charge in [-0.3, -0.25) is 0 Å². The molecule has 152 valence electrons. The molecule has 28 heavy (non-hydrogen) atoms. The van der Waals surface area contributed by atoms with Crippen molar-refractivity contribution in [2.75, 3.05) is 20.8 Å². The summed E-state index contributed by atoms with van der Waals surface area (Å²) in [4.78, 5) is 4.49. The van der Waals surface area contributed by atoms with E-state index in [4.69, 9.17) is 9.47 Å². The maximum Gasteiger partial charge on any atom is 0.387 e. The molecule has 0 aliphatic rings. The van der Waals surface area contributed by atoms with E-state index in [0.29, 0.717) is 37.1 Å². The largest absolute Gasteiger partial charge is 0.497 e. The number of nitrogens with one attached hydrogen (secondary N) is 2. The highest BCUT2D eigenvalue weighted by Crippen LogP contribution is 2.24. The Hall–Kier alpha value is -3.03. The smallest absolute Gasteiger partial charge is 0.387 e. The summed E-state index contributed by atoms with van der Waals surface area (Å²) in [5, 5.41) is 6.39. The van der Waals surface area contributed by atoms with Gasteiger partial charge in [0, 0.05) is 24.7 Å². The number of methoxy groups -OCH3 is 2. The zero-order chi connectivity index (χ0) is 20.4. The van der Waals surface area contributed by atoms with Gasteiger partial charge in [-0.1, -0.05) is 12.1 Å². The van der Waals surface area contributed by atoms with E-state index in [1.54, 1.807) is 32.4 Å². The Labute approximate surface area is 163 Å². The number of benzene rings is 2. The number of hydrogen-bond acceptors (Lipinski definition) is 4. The molecule has 6 nitrogen and oxygen atoms in total. The fraction of sp³-hybridized carbons (Fsp3) is 0.350. The number of hydrogen-bond donors (Lipinski definition) is 2. The van der Waals surface area contributed by atoms with Crippen molar-refractivity contribution in [3.63, 3.8) is 0 Å². The normalized spacial score (nSPS) is 11.3. The molecular weight excluding hydrogens is 368 g/mol. The van der Waals surface area contributed by atoms with Gasteiger partial charge in [0.2, 0.25) is 0 Å². The van der Waals surface area contributed by atoms with Gasteiger partial charge in [0.1, 0.15) is 17.2 Å². The zero-order valence-electron chi connectivity index (χ0n) is 16.2. The minimum absolute atomic E-state index is 0.114. The van der Waals surface area contributed by atoms with Crippen LogP contribution in [0.25, 0.3) is 0 Å². The van der Waals surface area contributed by atoms with Crippen LogP contribution >= 0.6 is 0 Å². The van der Waals surface area contributed by atoms with Crippen molar-refractivity contribution < 1.29 is 23.0 Å². The Balaban J connectivity index is 2.05. The van der Waals surface area contributed by atoms with Gasteiger partial charge in [-0.05, 0) is 36.8 Å². The Morgan fingerprint density at radius 2 is 1.86 bits per heavy atom. The maximum absolute atomic E-state index is 12.3. The van der Waals surface area contributed by atoms with Crippen molar-refractivity contribution in [1.29, 1.82) is 0 Å². The van der Waals surface area contributed by atoms with E-state index in [-0.39, 0.29) is 5.75 Å². The first kappa shape index (κ1) is 21.3. The van der Waals surface area contributed by atoms with E-state index in [1.165, 1.54) is 6.07 Å². The van der Waals surface area contributed by atoms with E-state index in [2.05, 4.69) is 20.4 Å². The summed E-state index contributed by atoms with van der Waals surface area (Å²) >= 11 is 0. The maximum atomic E-state index is 12.3. The van der Waals surface area contributed by atoms with Crippen LogP contribution < -0.4 is 24.8 Å². The number of guanidine groups is 1. The van der Waals surface area contributed by atoms with Crippen molar-refractivity contribution in [3.8, 4) is 17.2 Å². The van der Waals surface area contributed by atoms with Gasteiger partial charge in [0.15, 0.2) is 5.96 Å². The van der Waals surface area contributed by atoms with Gasteiger partial charge >= 0.3 is 6.61 Å². The van der Waals surface area contributed by atoms with Gasteiger partial charge in [-0.2, -0.15) is 8.78 Å². The number of halogens is 2. The minimum atomic E-state index is -2.85. The number of nitrogens with zero attached hydrogens (tertiary/aromatic N) is 1. The Morgan fingerprint density at radius 1 is 1.04 bits per heavy atom. The second-order valence-electron chi connectivity index (χ2n) is 5.75. The number of rotatable bonds is 9. The van der Waals surface area contributed by atoms with Gasteiger partial charge in [0.25, 0.3) is 0 Å². The van der Waals surface area contributed by atoms with E-state index >= 15 is 0 Å². The molecule has 0 aromatic heterocycles. The topological polar surface area (TPSA) is 64.1 Å². The molecule has 0 heterocycles. The van der Waals surface area contributed by atoms with E-state index < -0.39 is 6.61 Å². The molecule has 0 amide bonds. The Kier molecular flexibility index (Phi) is 8.33. The molecule has 2 rings (SSSR count). The highest BCUT2D eigenvalue weighted by atomic mass is 19.3. The van der Waals surface area contributed by atoms with Crippen molar-refractivity contribution >= 4 is 5.96 Å². The molecule has 2 aromatic rings. The Bertz CT molecular complexity index is 785. The number of ether oxygens (including phenoxy) is 3. The van der Waals surface area contributed by atoms with Crippen molar-refractivity contribution in [2.24, 2.45) is 4.99 Å². The zero-order valence-corrected chi connectivity index (χ0v) is 16.2. The lowest BCUT2D eigenvalue weighted by atomic mass is 10.2. The van der Waals surface area contributed by atoms with E-state index in [0.717, 1.165) is 11.1 Å². The SMILES string of the molecule is CCNC(=NCc1cccc(OC(F)F)c1)NCc1ccc(OC)cc1OC. The fourth-order valence-electron chi connectivity index (χ4n) is 2.51. The third kappa shape index (κ3) is 6.61. The highest BCUT2D eigenvalue weighted by Gasteiger charge is 2.07. The summed E-state index contributed by atoms with van der Waals surface area (Å²) < 4.78 is 39.7. The predicted molar refractivity (Wildman–Crippen MR) is 104 cm³/mol. The lowest BCUT2D eigenvalue weighted by Gasteiger charge is -2.14. The van der Waals surface area contributed by atoms with Crippen LogP contribution in [0, 0.1) is 0 Å². The van der Waals surface area contributed by atoms with Gasteiger partial charge < -0.3 is 24.8 Å². The molecule has 0 saturated carbocycles. The quantitative estimate of drug-likeness (QED) is 0.504. The predicted octanol–water partition coefficient (Wildman–Crippen LogP) is 3.56. The van der Waals surface area contributed by atoms with Crippen LogP contribution in [-0.2, 0) is 13.1 Å². The molecule has 8 heteroatoms. The molecule has 0 fully saturated rings. The highest BCUT2D eigenvalue weighted by molar-refractivity contribution is 5.79. The molecule has 0 bridgehead atoms. The third-order valence-corrected chi connectivity index (χ3v) is 3.83. The summed E-state index contributed by atoms with van der Waals surface area (Å²) in [6.07, 6.45) is 0. The second kappa shape index (κ2) is 11.0. The second-order valence-corrected chi connectivity index (χ2v) is 5.75. The monoisotopic (exact) mass is 393 g/mol. The average Bonchev–Trinajstić information content (AvgIpc) is 2.69. The van der Waals surface area contributed by atoms with Crippen molar-refractivity contribution in [2.45, 2.75) is 26.6 Å². The van der Waals surface area contributed by atoms with Crippen LogP contribution in [0.4, 0.5) is 8.78 Å². The first-order valence-electron chi connectivity index (χ1n) is 8.82. The van der Waals surface area contributed by atoms with Gasteiger partial charge in [0.05, 0.1) is 20.8 Å². The fourth-order valence-corrected chi connectivity index (χ4v) is 2.51. The van der Waals surface area contributed by atoms with E-state index in [1.807, 2.05) is 25.1 Å². The standard InChI is InChI=1S/C20H25F2N3O3/c1-4-23-20(24-12-14-6-5-7-17(10-14)28-19(21)22)25-13-15-8-9-16(26-2)11-18(15)27-3/h5-11,19H,4,12-13H2,1-3H3,(H2,23,24,25). The van der Waals surface area contributed by atoms with Crippen LogP contribution in [0.2, 0.25) is 0 Å². The van der Waals surface area contributed by atoms with Crippen molar-refractivity contribution in [3.05, 3.63) is 53.6 Å². The third-order valence-electron chi connectivity index (χ3n) is 3.83. The van der Waals surface area contributed by atoms with Crippen LogP contribution in [0.3, 0.4) is 0 Å². The average molecular weight is 393 g/mol. The first-order chi connectivity index (χ1) is 13.5. The van der Waals surface area contributed by atoms with Crippen LogP contribution in [0.1, 0.15) is 18.1 Å². The Morgan fingerprint density at radius 3 is 2.54 bits per heavy atom. The molecule has 0 aliphatic carbocycles. The molecule has 0 atom stereocenters. The molecular formula is C20H25F2N3O3. The summed E-state index contributed by atoms with van der Waals surface area (Å²) in [6.45, 7) is 0.600. The first-order valence-corrected chi connectivity index (χ1v) is 8.82. The summed E-state index contributed by atoms with van der Waals surface area (Å²) in [7, 11) is 3.20. The number of alkyl halides is 2. The molecule has 0 saturated heterocycles. The molecule has 0 spiro atoms. The molecule has 0 radical (unpaired) electrons. The van der Waals surface area contributed by atoms with Gasteiger partial charge in [-0.25, -0.2) is 4.99 Å². The van der Waals surface area contributed by atoms with Crippen LogP contribution in [0.5, 0.6) is 17.2 Å². The van der Waals surface area contributed by atoms with Crippen LogP contribution in [0.15, 0.2) is 47.5 Å². The van der Waals surface area contributed by atoms with Crippen molar-refractivity contribution in [1.82, 2.24) is 10.6 Å². The molecule has 0 unspecified atom stereocenters.